The van der Waals surface area contributed by atoms with Crippen LogP contribution in [0.1, 0.15) is 52.0 Å². The van der Waals surface area contributed by atoms with E-state index in [1.54, 1.807) is 30.3 Å². The van der Waals surface area contributed by atoms with Crippen LogP contribution in [0.2, 0.25) is 0 Å². The molecule has 1 atom stereocenters. The fraction of sp³-hybridized carbons (Fsp3) is 0.417. The lowest BCUT2D eigenvalue weighted by molar-refractivity contribution is 0.103. The van der Waals surface area contributed by atoms with Gasteiger partial charge < -0.3 is 23.5 Å². The first kappa shape index (κ1) is 23.9. The van der Waals surface area contributed by atoms with E-state index in [4.69, 9.17) is 18.9 Å². The summed E-state index contributed by atoms with van der Waals surface area (Å²) < 4.78 is 36.3. The summed E-state index contributed by atoms with van der Waals surface area (Å²) >= 11 is 0. The van der Waals surface area contributed by atoms with Gasteiger partial charge in [0.25, 0.3) is 0 Å². The molecule has 0 aromatic heterocycles. The molecule has 0 N–H and O–H groups in total. The normalized spacial score (nSPS) is 15.7. The Balaban J connectivity index is 2.27. The van der Waals surface area contributed by atoms with Gasteiger partial charge in [0.2, 0.25) is 18.2 Å². The Morgan fingerprint density at radius 1 is 0.781 bits per heavy atom. The zero-order valence-corrected chi connectivity index (χ0v) is 20.0. The van der Waals surface area contributed by atoms with E-state index in [1.165, 1.54) is 28.4 Å². The van der Waals surface area contributed by atoms with Crippen molar-refractivity contribution in [1.82, 2.24) is 0 Å². The van der Waals surface area contributed by atoms with E-state index in [0.29, 0.717) is 12.8 Å². The number of ether oxygens (including phenoxy) is 4. The van der Waals surface area contributed by atoms with Gasteiger partial charge in [-0.1, -0.05) is 18.9 Å². The number of carbonyl (C=O) groups is 2. The maximum Gasteiger partial charge on any atom is 0.236 e. The SMILES string of the molecule is COc1cccc(OC)c1C(=O)P(=O)(C(=O)c1c(OC)cc(C)cc1OC)C1CCCC1. The lowest BCUT2D eigenvalue weighted by atomic mass is 10.1. The molecule has 0 saturated heterocycles. The fourth-order valence-electron chi connectivity index (χ4n) is 4.34. The lowest BCUT2D eigenvalue weighted by Crippen LogP contribution is -2.21. The van der Waals surface area contributed by atoms with Gasteiger partial charge in [0.05, 0.1) is 28.4 Å². The summed E-state index contributed by atoms with van der Waals surface area (Å²) in [5.41, 5.74) is -1.22. The van der Waals surface area contributed by atoms with Crippen molar-refractivity contribution in [2.24, 2.45) is 0 Å². The molecule has 2 aromatic rings. The predicted octanol–water partition coefficient (Wildman–Crippen LogP) is 5.32. The summed E-state index contributed by atoms with van der Waals surface area (Å²) in [6.07, 6.45) is 2.67. The van der Waals surface area contributed by atoms with Gasteiger partial charge in [-0.15, -0.1) is 0 Å². The van der Waals surface area contributed by atoms with E-state index in [-0.39, 0.29) is 34.1 Å². The summed E-state index contributed by atoms with van der Waals surface area (Å²) in [5, 5.41) is 0. The Kier molecular flexibility index (Phi) is 7.29. The maximum absolute atomic E-state index is 14.7. The van der Waals surface area contributed by atoms with Gasteiger partial charge in [-0.05, 0) is 49.6 Å². The third-order valence-electron chi connectivity index (χ3n) is 5.95. The molecule has 2 aromatic carbocycles. The highest BCUT2D eigenvalue weighted by Crippen LogP contribution is 2.63. The van der Waals surface area contributed by atoms with Gasteiger partial charge in [0.15, 0.2) is 0 Å². The predicted molar refractivity (Wildman–Crippen MR) is 122 cm³/mol. The van der Waals surface area contributed by atoms with Crippen molar-refractivity contribution in [3.63, 3.8) is 0 Å². The summed E-state index contributed by atoms with van der Waals surface area (Å²) in [4.78, 5) is 28.0. The van der Waals surface area contributed by atoms with Crippen LogP contribution >= 0.6 is 7.14 Å². The molecule has 7 nitrogen and oxygen atoms in total. The first-order chi connectivity index (χ1) is 15.3. The minimum atomic E-state index is -4.17. The Morgan fingerprint density at radius 2 is 1.19 bits per heavy atom. The van der Waals surface area contributed by atoms with E-state index in [1.807, 2.05) is 6.92 Å². The number of hydrogen-bond acceptors (Lipinski definition) is 7. The summed E-state index contributed by atoms with van der Waals surface area (Å²) in [5.74, 6) is 0.876. The topological polar surface area (TPSA) is 88.1 Å². The molecule has 172 valence electrons. The first-order valence-corrected chi connectivity index (χ1v) is 12.2. The Labute approximate surface area is 188 Å². The molecule has 0 heterocycles. The van der Waals surface area contributed by atoms with Crippen LogP contribution in [0.3, 0.4) is 0 Å². The van der Waals surface area contributed by atoms with E-state index in [9.17, 15) is 14.2 Å². The third-order valence-corrected chi connectivity index (χ3v) is 9.15. The Hall–Kier alpha value is -2.79. The lowest BCUT2D eigenvalue weighted by Gasteiger charge is -2.25. The molecule has 1 saturated carbocycles. The molecule has 8 heteroatoms. The van der Waals surface area contributed by atoms with Crippen LogP contribution in [0, 0.1) is 6.92 Å². The van der Waals surface area contributed by atoms with Gasteiger partial charge in [0, 0.05) is 5.66 Å². The molecule has 0 spiro atoms. The highest BCUT2D eigenvalue weighted by atomic mass is 31.2. The van der Waals surface area contributed by atoms with Crippen LogP contribution in [0.25, 0.3) is 0 Å². The Morgan fingerprint density at radius 3 is 1.59 bits per heavy atom. The monoisotopic (exact) mass is 460 g/mol. The minimum absolute atomic E-state index is 0.0196. The maximum atomic E-state index is 14.7. The van der Waals surface area contributed by atoms with E-state index < -0.39 is 23.8 Å². The van der Waals surface area contributed by atoms with Crippen LogP contribution in [0.5, 0.6) is 23.0 Å². The second kappa shape index (κ2) is 9.78. The summed E-state index contributed by atoms with van der Waals surface area (Å²) in [6.45, 7) is 1.83. The van der Waals surface area contributed by atoms with Crippen molar-refractivity contribution in [2.75, 3.05) is 28.4 Å². The number of benzene rings is 2. The van der Waals surface area contributed by atoms with Crippen molar-refractivity contribution in [1.29, 1.82) is 0 Å². The highest BCUT2D eigenvalue weighted by Gasteiger charge is 2.51. The van der Waals surface area contributed by atoms with Crippen molar-refractivity contribution in [3.05, 3.63) is 47.0 Å². The van der Waals surface area contributed by atoms with Gasteiger partial charge in [-0.3, -0.25) is 9.59 Å². The molecular weight excluding hydrogens is 431 g/mol. The van der Waals surface area contributed by atoms with Crippen molar-refractivity contribution in [2.45, 2.75) is 38.3 Å². The molecule has 1 fully saturated rings. The van der Waals surface area contributed by atoms with Gasteiger partial charge in [0.1, 0.15) is 34.1 Å². The summed E-state index contributed by atoms with van der Waals surface area (Å²) in [7, 11) is 1.52. The number of methoxy groups -OCH3 is 4. The fourth-order valence-corrected chi connectivity index (χ4v) is 7.38. The van der Waals surface area contributed by atoms with Crippen LogP contribution in [0.15, 0.2) is 30.3 Å². The van der Waals surface area contributed by atoms with Gasteiger partial charge in [-0.2, -0.15) is 0 Å². The Bertz CT molecular complexity index is 1020. The average Bonchev–Trinajstić information content (AvgIpc) is 3.36. The standard InChI is InChI=1S/C24H29O7P/c1-15-13-19(30-4)22(20(14-15)31-5)24(26)32(27,16-9-6-7-10-16)23(25)21-17(28-2)11-8-12-18(21)29-3/h8,11-14,16H,6-7,9-10H2,1-5H3. The molecule has 1 unspecified atom stereocenters. The molecule has 0 bridgehead atoms. The molecule has 0 aliphatic heterocycles. The molecule has 3 rings (SSSR count). The van der Waals surface area contributed by atoms with Gasteiger partial charge >= 0.3 is 0 Å². The second-order valence-electron chi connectivity index (χ2n) is 7.79. The zero-order valence-electron chi connectivity index (χ0n) is 19.1. The molecular formula is C24H29O7P. The molecule has 1 aliphatic carbocycles. The average molecular weight is 460 g/mol. The number of hydrogen-bond donors (Lipinski definition) is 0. The molecule has 0 amide bonds. The smallest absolute Gasteiger partial charge is 0.236 e. The number of aryl methyl sites for hydroxylation is 1. The quantitative estimate of drug-likeness (QED) is 0.468. The van der Waals surface area contributed by atoms with Crippen LogP contribution in [-0.2, 0) is 4.57 Å². The first-order valence-electron chi connectivity index (χ1n) is 10.5. The molecule has 32 heavy (non-hydrogen) atoms. The van der Waals surface area contributed by atoms with E-state index in [0.717, 1.165) is 18.4 Å². The van der Waals surface area contributed by atoms with Crippen LogP contribution in [0.4, 0.5) is 0 Å². The molecule has 0 radical (unpaired) electrons. The van der Waals surface area contributed by atoms with Crippen molar-refractivity contribution >= 4 is 18.2 Å². The zero-order chi connectivity index (χ0) is 23.5. The van der Waals surface area contributed by atoms with E-state index in [2.05, 4.69) is 0 Å². The van der Waals surface area contributed by atoms with Gasteiger partial charge in [-0.25, -0.2) is 0 Å². The summed E-state index contributed by atoms with van der Waals surface area (Å²) in [6, 6.07) is 8.19. The molecule has 1 aliphatic rings. The van der Waals surface area contributed by atoms with Crippen LogP contribution < -0.4 is 18.9 Å². The largest absolute Gasteiger partial charge is 0.496 e. The number of rotatable bonds is 9. The van der Waals surface area contributed by atoms with Crippen molar-refractivity contribution < 1.29 is 33.1 Å². The minimum Gasteiger partial charge on any atom is -0.496 e. The second-order valence-corrected chi connectivity index (χ2v) is 10.6. The number of carbonyl (C=O) groups excluding carboxylic acids is 2. The third kappa shape index (κ3) is 4.02. The van der Waals surface area contributed by atoms with Crippen LogP contribution in [-0.4, -0.2) is 45.1 Å². The van der Waals surface area contributed by atoms with E-state index >= 15 is 0 Å². The highest BCUT2D eigenvalue weighted by molar-refractivity contribution is 7.96. The van der Waals surface area contributed by atoms with Crippen molar-refractivity contribution in [3.8, 4) is 23.0 Å².